The standard InChI is InChI=1S/C33H35F2N3O3/c34-26-9-6-24(7-10-26)25-8-13-31-29(17-25)33(40)38(21-23-5-2-14-37(20-23)19-22-3-1-4-22)32(36-31)28-12-11-27(18-30(28)35)41-16-15-39/h6-13,17-18,22-23,39H,1-5,14-16,19-21H2. The van der Waals surface area contributed by atoms with E-state index < -0.39 is 5.82 Å². The van der Waals surface area contributed by atoms with Crippen molar-refractivity contribution in [2.45, 2.75) is 38.6 Å². The first-order valence-electron chi connectivity index (χ1n) is 14.5. The Balaban J connectivity index is 1.40. The van der Waals surface area contributed by atoms with E-state index in [1.807, 2.05) is 6.07 Å². The van der Waals surface area contributed by atoms with Crippen LogP contribution in [-0.2, 0) is 6.54 Å². The summed E-state index contributed by atoms with van der Waals surface area (Å²) in [5, 5.41) is 9.50. The number of aliphatic hydroxyl groups is 1. The predicted octanol–water partition coefficient (Wildman–Crippen LogP) is 5.89. The number of rotatable bonds is 9. The lowest BCUT2D eigenvalue weighted by molar-refractivity contribution is 0.117. The number of ether oxygens (including phenoxy) is 1. The van der Waals surface area contributed by atoms with E-state index in [4.69, 9.17) is 14.8 Å². The number of piperidine rings is 1. The monoisotopic (exact) mass is 559 g/mol. The summed E-state index contributed by atoms with van der Waals surface area (Å²) >= 11 is 0. The van der Waals surface area contributed by atoms with Gasteiger partial charge in [0.25, 0.3) is 5.56 Å². The zero-order valence-electron chi connectivity index (χ0n) is 23.1. The van der Waals surface area contributed by atoms with Crippen LogP contribution in [-0.4, -0.2) is 52.4 Å². The first-order valence-corrected chi connectivity index (χ1v) is 14.5. The third-order valence-corrected chi connectivity index (χ3v) is 8.46. The molecule has 8 heteroatoms. The van der Waals surface area contributed by atoms with Gasteiger partial charge in [-0.15, -0.1) is 0 Å². The van der Waals surface area contributed by atoms with Gasteiger partial charge in [-0.3, -0.25) is 9.36 Å². The Morgan fingerprint density at radius 1 is 0.902 bits per heavy atom. The summed E-state index contributed by atoms with van der Waals surface area (Å²) in [7, 11) is 0. The second kappa shape index (κ2) is 12.1. The minimum atomic E-state index is -0.543. The van der Waals surface area contributed by atoms with E-state index >= 15 is 4.39 Å². The SMILES string of the molecule is O=c1c2cc(-c3ccc(F)cc3)ccc2nc(-c2ccc(OCCO)cc2F)n1CC1CCCN(CC2CCC2)C1. The number of benzene rings is 3. The quantitative estimate of drug-likeness (QED) is 0.277. The minimum Gasteiger partial charge on any atom is -0.491 e. The van der Waals surface area contributed by atoms with Crippen LogP contribution in [0.4, 0.5) is 8.78 Å². The largest absolute Gasteiger partial charge is 0.491 e. The van der Waals surface area contributed by atoms with Crippen LogP contribution in [0.1, 0.15) is 32.1 Å². The van der Waals surface area contributed by atoms with Crippen molar-refractivity contribution in [2.24, 2.45) is 11.8 Å². The van der Waals surface area contributed by atoms with E-state index in [-0.39, 0.29) is 36.1 Å². The van der Waals surface area contributed by atoms with Crippen molar-refractivity contribution >= 4 is 10.9 Å². The van der Waals surface area contributed by atoms with E-state index in [1.54, 1.807) is 41.0 Å². The first kappa shape index (κ1) is 27.5. The summed E-state index contributed by atoms with van der Waals surface area (Å²) in [4.78, 5) is 21.5. The van der Waals surface area contributed by atoms with Gasteiger partial charge in [0.1, 0.15) is 29.8 Å². The number of fused-ring (bicyclic) bond motifs is 1. The molecule has 0 spiro atoms. The van der Waals surface area contributed by atoms with E-state index in [0.717, 1.165) is 49.5 Å². The minimum absolute atomic E-state index is 0.0626. The summed E-state index contributed by atoms with van der Waals surface area (Å²) in [5.74, 6) is 0.752. The lowest BCUT2D eigenvalue weighted by Crippen LogP contribution is -2.42. The fourth-order valence-electron chi connectivity index (χ4n) is 6.11. The Bertz CT molecular complexity index is 1580. The molecule has 2 fully saturated rings. The van der Waals surface area contributed by atoms with Gasteiger partial charge in [0, 0.05) is 25.7 Å². The van der Waals surface area contributed by atoms with E-state index in [2.05, 4.69) is 4.90 Å². The van der Waals surface area contributed by atoms with Gasteiger partial charge >= 0.3 is 0 Å². The molecule has 1 atom stereocenters. The summed E-state index contributed by atoms with van der Waals surface area (Å²) in [6, 6.07) is 16.1. The summed E-state index contributed by atoms with van der Waals surface area (Å²) in [6.45, 7) is 3.43. The maximum atomic E-state index is 15.5. The van der Waals surface area contributed by atoms with Crippen LogP contribution in [0.5, 0.6) is 5.75 Å². The number of aromatic nitrogens is 2. The lowest BCUT2D eigenvalue weighted by atomic mass is 9.84. The van der Waals surface area contributed by atoms with Gasteiger partial charge in [-0.1, -0.05) is 24.6 Å². The van der Waals surface area contributed by atoms with E-state index in [1.165, 1.54) is 37.5 Å². The van der Waals surface area contributed by atoms with Crippen LogP contribution < -0.4 is 10.3 Å². The number of halogens is 2. The Morgan fingerprint density at radius 2 is 1.68 bits per heavy atom. The van der Waals surface area contributed by atoms with Crippen LogP contribution in [0.3, 0.4) is 0 Å². The van der Waals surface area contributed by atoms with Crippen molar-refractivity contribution in [3.63, 3.8) is 0 Å². The first-order chi connectivity index (χ1) is 20.0. The molecule has 0 amide bonds. The molecule has 4 aromatic rings. The number of hydrogen-bond acceptors (Lipinski definition) is 5. The van der Waals surface area contributed by atoms with Crippen molar-refractivity contribution in [2.75, 3.05) is 32.8 Å². The van der Waals surface area contributed by atoms with Crippen molar-refractivity contribution in [1.29, 1.82) is 0 Å². The van der Waals surface area contributed by atoms with Gasteiger partial charge in [-0.2, -0.15) is 0 Å². The van der Waals surface area contributed by atoms with Gasteiger partial charge in [-0.25, -0.2) is 13.8 Å². The molecule has 1 aromatic heterocycles. The molecule has 0 bridgehead atoms. The molecule has 6 rings (SSSR count). The second-order valence-corrected chi connectivity index (χ2v) is 11.4. The molecule has 0 radical (unpaired) electrons. The van der Waals surface area contributed by atoms with Crippen LogP contribution in [0.15, 0.2) is 65.5 Å². The zero-order chi connectivity index (χ0) is 28.3. The summed E-state index contributed by atoms with van der Waals surface area (Å²) in [6.07, 6.45) is 5.98. The molecule has 2 heterocycles. The molecule has 3 aromatic carbocycles. The topological polar surface area (TPSA) is 67.6 Å². The third-order valence-electron chi connectivity index (χ3n) is 8.46. The number of hydrogen-bond donors (Lipinski definition) is 1. The number of likely N-dealkylation sites (tertiary alicyclic amines) is 1. The van der Waals surface area contributed by atoms with Crippen molar-refractivity contribution < 1.29 is 18.6 Å². The molecule has 1 saturated carbocycles. The highest BCUT2D eigenvalue weighted by molar-refractivity contribution is 5.85. The van der Waals surface area contributed by atoms with Gasteiger partial charge in [0.2, 0.25) is 0 Å². The highest BCUT2D eigenvalue weighted by atomic mass is 19.1. The molecule has 1 aliphatic heterocycles. The van der Waals surface area contributed by atoms with Crippen LogP contribution >= 0.6 is 0 Å². The van der Waals surface area contributed by atoms with E-state index in [9.17, 15) is 9.18 Å². The smallest absolute Gasteiger partial charge is 0.261 e. The molecule has 1 unspecified atom stereocenters. The van der Waals surface area contributed by atoms with Crippen LogP contribution in [0.25, 0.3) is 33.4 Å². The third kappa shape index (κ3) is 6.04. The molecule has 214 valence electrons. The maximum Gasteiger partial charge on any atom is 0.261 e. The molecule has 2 aliphatic rings. The summed E-state index contributed by atoms with van der Waals surface area (Å²) < 4.78 is 36.0. The Kier molecular flexibility index (Phi) is 8.12. The van der Waals surface area contributed by atoms with Gasteiger partial charge in [0.15, 0.2) is 0 Å². The van der Waals surface area contributed by atoms with Crippen molar-refractivity contribution in [3.8, 4) is 28.3 Å². The van der Waals surface area contributed by atoms with Crippen molar-refractivity contribution in [3.05, 3.63) is 82.7 Å². The highest BCUT2D eigenvalue weighted by Crippen LogP contribution is 2.31. The number of aliphatic hydroxyl groups excluding tert-OH is 1. The Hall–Kier alpha value is -3.62. The Labute approximate surface area is 238 Å². The van der Waals surface area contributed by atoms with Crippen LogP contribution in [0.2, 0.25) is 0 Å². The molecular formula is C33H35F2N3O3. The molecule has 1 aliphatic carbocycles. The second-order valence-electron chi connectivity index (χ2n) is 11.4. The lowest BCUT2D eigenvalue weighted by Gasteiger charge is -2.37. The van der Waals surface area contributed by atoms with Crippen molar-refractivity contribution in [1.82, 2.24) is 14.5 Å². The van der Waals surface area contributed by atoms with Gasteiger partial charge in [-0.05, 0) is 91.6 Å². The van der Waals surface area contributed by atoms with Gasteiger partial charge < -0.3 is 14.7 Å². The molecular weight excluding hydrogens is 524 g/mol. The summed E-state index contributed by atoms with van der Waals surface area (Å²) in [5.41, 5.74) is 2.07. The molecule has 6 nitrogen and oxygen atoms in total. The Morgan fingerprint density at radius 3 is 2.41 bits per heavy atom. The van der Waals surface area contributed by atoms with Gasteiger partial charge in [0.05, 0.1) is 23.1 Å². The predicted molar refractivity (Wildman–Crippen MR) is 156 cm³/mol. The number of nitrogens with zero attached hydrogens (tertiary/aromatic N) is 3. The fraction of sp³-hybridized carbons (Fsp3) is 0.394. The molecule has 1 N–H and O–H groups in total. The van der Waals surface area contributed by atoms with Crippen LogP contribution in [0, 0.1) is 23.5 Å². The molecule has 41 heavy (non-hydrogen) atoms. The fourth-order valence-corrected chi connectivity index (χ4v) is 6.11. The molecule has 1 saturated heterocycles. The average Bonchev–Trinajstić information content (AvgIpc) is 2.96. The van der Waals surface area contributed by atoms with E-state index in [0.29, 0.717) is 29.0 Å². The highest BCUT2D eigenvalue weighted by Gasteiger charge is 2.27. The average molecular weight is 560 g/mol. The zero-order valence-corrected chi connectivity index (χ0v) is 23.1. The maximum absolute atomic E-state index is 15.5. The normalized spacial score (nSPS) is 18.0.